The molecule has 8 heteroatoms. The molecule has 27 heavy (non-hydrogen) atoms. The van der Waals surface area contributed by atoms with Crippen LogP contribution in [0.5, 0.6) is 5.75 Å². The Hall–Kier alpha value is -2.38. The summed E-state index contributed by atoms with van der Waals surface area (Å²) in [6.45, 7) is 4.27. The van der Waals surface area contributed by atoms with E-state index >= 15 is 0 Å². The van der Waals surface area contributed by atoms with Gasteiger partial charge in [0.25, 0.3) is 0 Å². The Bertz CT molecular complexity index is 709. The normalized spacial score (nSPS) is 12.6. The Morgan fingerprint density at radius 1 is 1.04 bits per heavy atom. The lowest BCUT2D eigenvalue weighted by molar-refractivity contribution is -0.274. The Balaban J connectivity index is 1.96. The van der Waals surface area contributed by atoms with Gasteiger partial charge in [0.15, 0.2) is 0 Å². The monoisotopic (exact) mass is 382 g/mol. The second-order valence-corrected chi connectivity index (χ2v) is 6.45. The van der Waals surface area contributed by atoms with Crippen LogP contribution in [-0.2, 0) is 0 Å². The van der Waals surface area contributed by atoms with Gasteiger partial charge in [-0.15, -0.1) is 13.2 Å². The third kappa shape index (κ3) is 7.80. The maximum atomic E-state index is 12.3. The van der Waals surface area contributed by atoms with Gasteiger partial charge in [-0.1, -0.05) is 46.0 Å². The first-order chi connectivity index (χ1) is 12.9. The molecule has 1 N–H and O–H groups in total. The number of unbranched alkanes of at least 4 members (excludes halogenated alkanes) is 4. The number of pyridine rings is 1. The van der Waals surface area contributed by atoms with Crippen LogP contribution in [0.15, 0.2) is 30.6 Å². The average Bonchev–Trinajstić information content (AvgIpc) is 2.60. The van der Waals surface area contributed by atoms with Crippen LogP contribution in [0.2, 0.25) is 0 Å². The zero-order valence-corrected chi connectivity index (χ0v) is 15.6. The van der Waals surface area contributed by atoms with E-state index in [1.165, 1.54) is 37.9 Å². The summed E-state index contributed by atoms with van der Waals surface area (Å²) in [5, 5.41) is 2.90. The molecular weight excluding hydrogens is 357 g/mol. The second kappa shape index (κ2) is 10.1. The molecule has 0 radical (unpaired) electrons. The maximum absolute atomic E-state index is 12.3. The van der Waals surface area contributed by atoms with Crippen LogP contribution < -0.4 is 10.1 Å². The minimum atomic E-state index is -4.74. The Morgan fingerprint density at radius 3 is 2.52 bits per heavy atom. The summed E-state index contributed by atoms with van der Waals surface area (Å²) in [4.78, 5) is 12.8. The minimum absolute atomic E-state index is 0.209. The molecule has 0 saturated heterocycles. The predicted molar refractivity (Wildman–Crippen MR) is 98.0 cm³/mol. The van der Waals surface area contributed by atoms with E-state index in [-0.39, 0.29) is 17.5 Å². The maximum Gasteiger partial charge on any atom is 0.573 e. The molecule has 0 spiro atoms. The van der Waals surface area contributed by atoms with Crippen molar-refractivity contribution in [3.8, 4) is 5.75 Å². The molecule has 1 atom stereocenters. The molecule has 2 heterocycles. The smallest absolute Gasteiger partial charge is 0.406 e. The van der Waals surface area contributed by atoms with Crippen molar-refractivity contribution in [2.75, 3.05) is 5.32 Å². The highest BCUT2D eigenvalue weighted by Crippen LogP contribution is 2.25. The lowest BCUT2D eigenvalue weighted by Crippen LogP contribution is -2.17. The molecular formula is C19H25F3N4O. The standard InChI is InChI=1S/C19H25F3N4O/c1-3-4-5-6-7-8-14(2)18-24-12-10-16(26-18)25-17-13-15(9-11-23-17)27-19(20,21)22/h9-14H,3-8H2,1-2H3,(H,23,24,25,26). The lowest BCUT2D eigenvalue weighted by Gasteiger charge is -2.12. The number of aromatic nitrogens is 3. The second-order valence-electron chi connectivity index (χ2n) is 6.45. The Labute approximate surface area is 157 Å². The van der Waals surface area contributed by atoms with Gasteiger partial charge in [-0.3, -0.25) is 0 Å². The molecule has 2 rings (SSSR count). The molecule has 0 aliphatic carbocycles. The van der Waals surface area contributed by atoms with Crippen molar-refractivity contribution < 1.29 is 17.9 Å². The van der Waals surface area contributed by atoms with E-state index in [0.29, 0.717) is 11.6 Å². The van der Waals surface area contributed by atoms with Gasteiger partial charge in [0.2, 0.25) is 0 Å². The highest BCUT2D eigenvalue weighted by molar-refractivity contribution is 5.53. The van der Waals surface area contributed by atoms with Gasteiger partial charge in [0.05, 0.1) is 0 Å². The van der Waals surface area contributed by atoms with Gasteiger partial charge in [0, 0.05) is 24.4 Å². The van der Waals surface area contributed by atoms with Gasteiger partial charge in [0.1, 0.15) is 23.2 Å². The molecule has 0 fully saturated rings. The fourth-order valence-corrected chi connectivity index (χ4v) is 2.67. The number of hydrogen-bond donors (Lipinski definition) is 1. The van der Waals surface area contributed by atoms with Crippen molar-refractivity contribution in [3.05, 3.63) is 36.4 Å². The summed E-state index contributed by atoms with van der Waals surface area (Å²) < 4.78 is 40.9. The molecule has 0 bridgehead atoms. The molecule has 0 aliphatic heterocycles. The first-order valence-corrected chi connectivity index (χ1v) is 9.19. The van der Waals surface area contributed by atoms with E-state index in [1.807, 2.05) is 0 Å². The number of alkyl halides is 3. The third-order valence-electron chi connectivity index (χ3n) is 4.08. The highest BCUT2D eigenvalue weighted by atomic mass is 19.4. The first kappa shape index (κ1) is 20.9. The summed E-state index contributed by atoms with van der Waals surface area (Å²) >= 11 is 0. The van der Waals surface area contributed by atoms with Crippen molar-refractivity contribution in [2.24, 2.45) is 0 Å². The molecule has 148 valence electrons. The zero-order valence-electron chi connectivity index (χ0n) is 15.6. The van der Waals surface area contributed by atoms with Gasteiger partial charge < -0.3 is 10.1 Å². The van der Waals surface area contributed by atoms with Gasteiger partial charge in [-0.25, -0.2) is 15.0 Å². The van der Waals surface area contributed by atoms with Crippen molar-refractivity contribution in [1.29, 1.82) is 0 Å². The van der Waals surface area contributed by atoms with Crippen molar-refractivity contribution in [1.82, 2.24) is 15.0 Å². The van der Waals surface area contributed by atoms with E-state index in [9.17, 15) is 13.2 Å². The number of nitrogens with zero attached hydrogens (tertiary/aromatic N) is 3. The average molecular weight is 382 g/mol. The SMILES string of the molecule is CCCCCCCC(C)c1nccc(Nc2cc(OC(F)(F)F)ccn2)n1. The topological polar surface area (TPSA) is 59.9 Å². The largest absolute Gasteiger partial charge is 0.573 e. The third-order valence-corrected chi connectivity index (χ3v) is 4.08. The Kier molecular flexibility index (Phi) is 7.82. The fraction of sp³-hybridized carbons (Fsp3) is 0.526. The highest BCUT2D eigenvalue weighted by Gasteiger charge is 2.31. The number of halogens is 3. The summed E-state index contributed by atoms with van der Waals surface area (Å²) in [6, 6.07) is 3.97. The first-order valence-electron chi connectivity index (χ1n) is 9.19. The van der Waals surface area contributed by atoms with E-state index in [2.05, 4.69) is 38.9 Å². The molecule has 1 unspecified atom stereocenters. The lowest BCUT2D eigenvalue weighted by atomic mass is 10.0. The van der Waals surface area contributed by atoms with Crippen LogP contribution >= 0.6 is 0 Å². The number of anilines is 2. The van der Waals surface area contributed by atoms with Crippen LogP contribution in [-0.4, -0.2) is 21.3 Å². The van der Waals surface area contributed by atoms with E-state index in [0.717, 1.165) is 18.9 Å². The van der Waals surface area contributed by atoms with E-state index in [1.54, 1.807) is 12.3 Å². The van der Waals surface area contributed by atoms with Crippen molar-refractivity contribution in [2.45, 2.75) is 64.7 Å². The summed E-state index contributed by atoms with van der Waals surface area (Å²) in [7, 11) is 0. The van der Waals surface area contributed by atoms with Gasteiger partial charge in [-0.2, -0.15) is 0 Å². The predicted octanol–water partition coefficient (Wildman–Crippen LogP) is 5.98. The molecule has 2 aromatic heterocycles. The van der Waals surface area contributed by atoms with Crippen LogP contribution in [0.1, 0.15) is 64.1 Å². The minimum Gasteiger partial charge on any atom is -0.406 e. The van der Waals surface area contributed by atoms with E-state index in [4.69, 9.17) is 0 Å². The number of nitrogens with one attached hydrogen (secondary N) is 1. The summed E-state index contributed by atoms with van der Waals surface area (Å²) in [5.74, 6) is 1.28. The number of rotatable bonds is 10. The van der Waals surface area contributed by atoms with Crippen molar-refractivity contribution >= 4 is 11.6 Å². The van der Waals surface area contributed by atoms with Crippen LogP contribution in [0.25, 0.3) is 0 Å². The molecule has 2 aromatic rings. The van der Waals surface area contributed by atoms with Crippen LogP contribution in [0, 0.1) is 0 Å². The molecule has 0 aromatic carbocycles. The van der Waals surface area contributed by atoms with Crippen LogP contribution in [0.4, 0.5) is 24.8 Å². The molecule has 0 amide bonds. The molecule has 5 nitrogen and oxygen atoms in total. The number of ether oxygens (including phenoxy) is 1. The zero-order chi connectivity index (χ0) is 19.7. The van der Waals surface area contributed by atoms with Gasteiger partial charge in [-0.05, 0) is 18.6 Å². The summed E-state index contributed by atoms with van der Waals surface area (Å²) in [6.07, 6.45) is 5.18. The number of hydrogen-bond acceptors (Lipinski definition) is 5. The van der Waals surface area contributed by atoms with E-state index < -0.39 is 6.36 Å². The molecule has 0 aliphatic rings. The van der Waals surface area contributed by atoms with Crippen LogP contribution in [0.3, 0.4) is 0 Å². The Morgan fingerprint density at radius 2 is 1.78 bits per heavy atom. The van der Waals surface area contributed by atoms with Gasteiger partial charge >= 0.3 is 6.36 Å². The molecule has 0 saturated carbocycles. The summed E-state index contributed by atoms with van der Waals surface area (Å²) in [5.41, 5.74) is 0. The van der Waals surface area contributed by atoms with Crippen molar-refractivity contribution in [3.63, 3.8) is 0 Å². The fourth-order valence-electron chi connectivity index (χ4n) is 2.67. The quantitative estimate of drug-likeness (QED) is 0.512.